The molecule has 4 heteroatoms. The largest absolute Gasteiger partial charge is 0.508 e. The smallest absolute Gasteiger partial charge is 0.181 e. The lowest BCUT2D eigenvalue weighted by Gasteiger charge is -2.13. The average Bonchev–Trinajstić information content (AvgIpc) is 2.36. The number of aliphatic hydroxyl groups is 1. The van der Waals surface area contributed by atoms with Gasteiger partial charge in [0.15, 0.2) is 6.29 Å². The Hall–Kier alpha value is -1.26. The number of unbranched alkanes of at least 4 members (excludes halogenated alkanes) is 5. The molecule has 0 saturated carbocycles. The van der Waals surface area contributed by atoms with Crippen molar-refractivity contribution in [2.45, 2.75) is 51.7 Å². The molecule has 0 aromatic heterocycles. The van der Waals surface area contributed by atoms with Crippen LogP contribution in [-0.2, 0) is 4.74 Å². The molecule has 1 aromatic rings. The first-order valence-electron chi connectivity index (χ1n) is 6.96. The quantitative estimate of drug-likeness (QED) is 0.474. The maximum atomic E-state index is 9.77. The number of aliphatic hydroxyl groups excluding tert-OH is 1. The summed E-state index contributed by atoms with van der Waals surface area (Å²) in [6.45, 7) is 2.66. The van der Waals surface area contributed by atoms with Crippen LogP contribution in [0.1, 0.15) is 57.3 Å². The molecule has 0 aliphatic carbocycles. The third kappa shape index (κ3) is 6.45. The first-order valence-corrected chi connectivity index (χ1v) is 6.96. The van der Waals surface area contributed by atoms with E-state index in [9.17, 15) is 15.3 Å². The van der Waals surface area contributed by atoms with Gasteiger partial charge in [-0.15, -0.1) is 0 Å². The molecule has 1 atom stereocenters. The van der Waals surface area contributed by atoms with E-state index in [1.54, 1.807) is 0 Å². The summed E-state index contributed by atoms with van der Waals surface area (Å²) in [5.41, 5.74) is 0.364. The zero-order valence-corrected chi connectivity index (χ0v) is 11.5. The van der Waals surface area contributed by atoms with E-state index in [2.05, 4.69) is 6.92 Å². The van der Waals surface area contributed by atoms with Gasteiger partial charge in [-0.1, -0.05) is 39.0 Å². The van der Waals surface area contributed by atoms with Gasteiger partial charge in [-0.2, -0.15) is 0 Å². The second-order valence-electron chi connectivity index (χ2n) is 4.77. The van der Waals surface area contributed by atoms with E-state index in [0.29, 0.717) is 12.2 Å². The second kappa shape index (κ2) is 8.77. The number of hydrogen-bond acceptors (Lipinski definition) is 4. The van der Waals surface area contributed by atoms with E-state index in [-0.39, 0.29) is 11.5 Å². The Morgan fingerprint density at radius 3 is 2.16 bits per heavy atom. The third-order valence-electron chi connectivity index (χ3n) is 2.98. The van der Waals surface area contributed by atoms with E-state index < -0.39 is 6.29 Å². The summed E-state index contributed by atoms with van der Waals surface area (Å²) in [6, 6.07) is 3.97. The van der Waals surface area contributed by atoms with Crippen molar-refractivity contribution in [2.24, 2.45) is 0 Å². The molecule has 0 saturated heterocycles. The van der Waals surface area contributed by atoms with Crippen molar-refractivity contribution in [1.29, 1.82) is 0 Å². The number of ether oxygens (including phenoxy) is 1. The summed E-state index contributed by atoms with van der Waals surface area (Å²) in [5, 5.41) is 28.4. The van der Waals surface area contributed by atoms with Gasteiger partial charge in [-0.25, -0.2) is 0 Å². The van der Waals surface area contributed by atoms with Crippen LogP contribution in [0.15, 0.2) is 18.2 Å². The third-order valence-corrected chi connectivity index (χ3v) is 2.98. The maximum Gasteiger partial charge on any atom is 0.181 e. The highest BCUT2D eigenvalue weighted by atomic mass is 16.6. The van der Waals surface area contributed by atoms with Crippen molar-refractivity contribution in [3.63, 3.8) is 0 Å². The van der Waals surface area contributed by atoms with E-state index >= 15 is 0 Å². The fourth-order valence-corrected chi connectivity index (χ4v) is 1.93. The van der Waals surface area contributed by atoms with Crippen LogP contribution < -0.4 is 0 Å². The normalized spacial score (nSPS) is 12.5. The molecule has 0 radical (unpaired) electrons. The number of phenols is 2. The van der Waals surface area contributed by atoms with Crippen LogP contribution in [0.5, 0.6) is 11.5 Å². The molecule has 1 unspecified atom stereocenters. The van der Waals surface area contributed by atoms with Crippen molar-refractivity contribution in [1.82, 2.24) is 0 Å². The number of benzene rings is 1. The van der Waals surface area contributed by atoms with Crippen LogP contribution in [0.25, 0.3) is 0 Å². The van der Waals surface area contributed by atoms with Gasteiger partial charge >= 0.3 is 0 Å². The first kappa shape index (κ1) is 15.8. The van der Waals surface area contributed by atoms with E-state index in [0.717, 1.165) is 12.8 Å². The van der Waals surface area contributed by atoms with Crippen molar-refractivity contribution >= 4 is 0 Å². The van der Waals surface area contributed by atoms with Crippen LogP contribution in [-0.4, -0.2) is 21.9 Å². The maximum absolute atomic E-state index is 9.77. The molecule has 0 bridgehead atoms. The van der Waals surface area contributed by atoms with Gasteiger partial charge in [0, 0.05) is 11.6 Å². The Morgan fingerprint density at radius 2 is 1.53 bits per heavy atom. The topological polar surface area (TPSA) is 69.9 Å². The van der Waals surface area contributed by atoms with Gasteiger partial charge in [-0.05, 0) is 18.6 Å². The molecule has 0 heterocycles. The molecule has 1 aromatic carbocycles. The highest BCUT2D eigenvalue weighted by molar-refractivity contribution is 5.37. The minimum atomic E-state index is -1.10. The van der Waals surface area contributed by atoms with Crippen molar-refractivity contribution < 1.29 is 20.1 Å². The van der Waals surface area contributed by atoms with Gasteiger partial charge in [0.25, 0.3) is 0 Å². The predicted octanol–water partition coefficient (Wildman–Crippen LogP) is 3.47. The molecule has 0 fully saturated rings. The van der Waals surface area contributed by atoms with Crippen molar-refractivity contribution in [3.8, 4) is 11.5 Å². The summed E-state index contributed by atoms with van der Waals surface area (Å²) in [5.74, 6) is -0.172. The Morgan fingerprint density at radius 1 is 0.947 bits per heavy atom. The van der Waals surface area contributed by atoms with Crippen LogP contribution in [0.2, 0.25) is 0 Å². The first-order chi connectivity index (χ1) is 9.13. The molecular weight excluding hydrogens is 244 g/mol. The predicted molar refractivity (Wildman–Crippen MR) is 74.1 cm³/mol. The van der Waals surface area contributed by atoms with Gasteiger partial charge < -0.3 is 20.1 Å². The van der Waals surface area contributed by atoms with Gasteiger partial charge in [-0.3, -0.25) is 0 Å². The minimum absolute atomic E-state index is 0.0859. The van der Waals surface area contributed by atoms with E-state index in [1.807, 2.05) is 0 Å². The number of phenolic OH excluding ortho intramolecular Hbond substituents is 2. The van der Waals surface area contributed by atoms with Crippen LogP contribution in [0.4, 0.5) is 0 Å². The Kier molecular flexibility index (Phi) is 7.30. The van der Waals surface area contributed by atoms with E-state index in [4.69, 9.17) is 4.74 Å². The van der Waals surface area contributed by atoms with Gasteiger partial charge in [0.1, 0.15) is 11.5 Å². The lowest BCUT2D eigenvalue weighted by Crippen LogP contribution is -2.04. The summed E-state index contributed by atoms with van der Waals surface area (Å²) in [4.78, 5) is 0. The highest BCUT2D eigenvalue weighted by Gasteiger charge is 2.09. The van der Waals surface area contributed by atoms with Gasteiger partial charge in [0.2, 0.25) is 0 Å². The minimum Gasteiger partial charge on any atom is -0.508 e. The number of aromatic hydroxyl groups is 2. The van der Waals surface area contributed by atoms with Gasteiger partial charge in [0.05, 0.1) is 6.61 Å². The summed E-state index contributed by atoms with van der Waals surface area (Å²) >= 11 is 0. The van der Waals surface area contributed by atoms with Crippen molar-refractivity contribution in [2.75, 3.05) is 6.61 Å². The zero-order chi connectivity index (χ0) is 14.1. The Bertz CT molecular complexity index is 345. The molecule has 4 nitrogen and oxygen atoms in total. The average molecular weight is 268 g/mol. The number of hydrogen-bond donors (Lipinski definition) is 3. The number of rotatable bonds is 9. The lowest BCUT2D eigenvalue weighted by molar-refractivity contribution is -0.104. The molecule has 19 heavy (non-hydrogen) atoms. The molecule has 0 amide bonds. The second-order valence-corrected chi connectivity index (χ2v) is 4.77. The molecule has 1 rings (SSSR count). The Labute approximate surface area is 114 Å². The van der Waals surface area contributed by atoms with Crippen LogP contribution in [0.3, 0.4) is 0 Å². The molecule has 108 valence electrons. The summed E-state index contributed by atoms with van der Waals surface area (Å²) < 4.78 is 5.28. The SMILES string of the molecule is CCCCCCCCOC(O)c1cc(O)cc(O)c1. The standard InChI is InChI=1S/C15H24O4/c1-2-3-4-5-6-7-8-19-15(18)12-9-13(16)11-14(17)10-12/h9-11,15-18H,2-8H2,1H3. The fraction of sp³-hybridized carbons (Fsp3) is 0.600. The lowest BCUT2D eigenvalue weighted by atomic mass is 10.1. The highest BCUT2D eigenvalue weighted by Crippen LogP contribution is 2.25. The fourth-order valence-electron chi connectivity index (χ4n) is 1.93. The van der Waals surface area contributed by atoms with Crippen LogP contribution in [0, 0.1) is 0 Å². The molecule has 3 N–H and O–H groups in total. The molecule has 0 aliphatic heterocycles. The van der Waals surface area contributed by atoms with E-state index in [1.165, 1.54) is 43.9 Å². The molecular formula is C15H24O4. The molecule has 0 spiro atoms. The summed E-state index contributed by atoms with van der Waals surface area (Å²) in [7, 11) is 0. The zero-order valence-electron chi connectivity index (χ0n) is 11.5. The van der Waals surface area contributed by atoms with Crippen molar-refractivity contribution in [3.05, 3.63) is 23.8 Å². The van der Waals surface area contributed by atoms with Crippen LogP contribution >= 0.6 is 0 Å². The molecule has 0 aliphatic rings. The Balaban J connectivity index is 2.22. The summed E-state index contributed by atoms with van der Waals surface area (Å²) in [6.07, 6.45) is 5.85. The monoisotopic (exact) mass is 268 g/mol.